The van der Waals surface area contributed by atoms with Crippen LogP contribution in [0.25, 0.3) is 0 Å². The molecule has 8 nitrogen and oxygen atoms in total. The van der Waals surface area contributed by atoms with E-state index in [0.29, 0.717) is 44.7 Å². The summed E-state index contributed by atoms with van der Waals surface area (Å²) in [7, 11) is 0. The van der Waals surface area contributed by atoms with Crippen LogP contribution in [-0.2, 0) is 38.2 Å². The lowest BCUT2D eigenvalue weighted by molar-refractivity contribution is -0.154. The summed E-state index contributed by atoms with van der Waals surface area (Å²) in [6, 6.07) is 0. The molecule has 0 aromatic rings. The van der Waals surface area contributed by atoms with Crippen LogP contribution in [0.5, 0.6) is 0 Å². The monoisotopic (exact) mass is 396 g/mol. The van der Waals surface area contributed by atoms with Gasteiger partial charge in [-0.05, 0) is 33.6 Å². The average Bonchev–Trinajstić information content (AvgIpc) is 2.63. The molecule has 1 saturated carbocycles. The normalized spacial score (nSPS) is 21.8. The van der Waals surface area contributed by atoms with E-state index in [9.17, 15) is 24.0 Å². The minimum absolute atomic E-state index is 0.0782. The zero-order chi connectivity index (χ0) is 21.1. The van der Waals surface area contributed by atoms with Gasteiger partial charge in [0.25, 0.3) is 0 Å². The van der Waals surface area contributed by atoms with E-state index in [1.807, 2.05) is 6.92 Å². The number of carbonyl (C=O) groups excluding carboxylic acids is 5. The predicted molar refractivity (Wildman–Crippen MR) is 98.1 cm³/mol. The third-order valence-electron chi connectivity index (χ3n) is 4.27. The quantitative estimate of drug-likeness (QED) is 0.494. The highest BCUT2D eigenvalue weighted by atomic mass is 16.5. The number of hydrogen-bond donors (Lipinski definition) is 0. The van der Waals surface area contributed by atoms with E-state index >= 15 is 0 Å². The number of allylic oxidation sites excluding steroid dienone is 2. The molecular formula is C20H28O8. The fraction of sp³-hybridized carbons (Fsp3) is 0.650. The molecule has 28 heavy (non-hydrogen) atoms. The predicted octanol–water partition coefficient (Wildman–Crippen LogP) is 1.94. The van der Waals surface area contributed by atoms with Gasteiger partial charge < -0.3 is 14.2 Å². The first-order valence-corrected chi connectivity index (χ1v) is 9.58. The summed E-state index contributed by atoms with van der Waals surface area (Å²) in [5.41, 5.74) is 0. The van der Waals surface area contributed by atoms with Crippen LogP contribution in [0.3, 0.4) is 0 Å². The molecule has 0 aromatic heterocycles. The lowest BCUT2D eigenvalue weighted by Gasteiger charge is -2.19. The summed E-state index contributed by atoms with van der Waals surface area (Å²) in [4.78, 5) is 56.1. The topological polar surface area (TPSA) is 113 Å². The van der Waals surface area contributed by atoms with Gasteiger partial charge in [-0.1, -0.05) is 0 Å². The fourth-order valence-corrected chi connectivity index (χ4v) is 2.90. The highest BCUT2D eigenvalue weighted by Crippen LogP contribution is 2.22. The van der Waals surface area contributed by atoms with Gasteiger partial charge >= 0.3 is 11.9 Å². The molecule has 1 fully saturated rings. The average molecular weight is 396 g/mol. The molecular weight excluding hydrogens is 368 g/mol. The second-order valence-electron chi connectivity index (χ2n) is 6.31. The molecule has 2 atom stereocenters. The fourth-order valence-electron chi connectivity index (χ4n) is 2.90. The molecule has 2 rings (SSSR count). The standard InChI is InChI=1S/C11H16O4.C9H12O4/c1-3-14-8-5-6-9(10(12)7-8)11(13)15-4-2;1-2-13-9(12)7-4-3-6(10)5-8(7)11/h7,9H,3-6H2,1-2H3;7H,2-5H2,1H3. The molecule has 0 heterocycles. The van der Waals surface area contributed by atoms with Gasteiger partial charge in [0, 0.05) is 18.9 Å². The van der Waals surface area contributed by atoms with Gasteiger partial charge in [0.1, 0.15) is 17.6 Å². The molecule has 156 valence electrons. The van der Waals surface area contributed by atoms with E-state index in [4.69, 9.17) is 14.2 Å². The van der Waals surface area contributed by atoms with Gasteiger partial charge in [0.2, 0.25) is 0 Å². The van der Waals surface area contributed by atoms with Gasteiger partial charge in [0.05, 0.1) is 32.0 Å². The highest BCUT2D eigenvalue weighted by molar-refractivity contribution is 6.10. The summed E-state index contributed by atoms with van der Waals surface area (Å²) in [6.07, 6.45) is 3.05. The number of carbonyl (C=O) groups is 5. The van der Waals surface area contributed by atoms with Gasteiger partial charge in [-0.25, -0.2) is 0 Å². The lowest BCUT2D eigenvalue weighted by atomic mass is 9.87. The molecule has 8 heteroatoms. The summed E-state index contributed by atoms with van der Waals surface area (Å²) in [6.45, 7) is 6.41. The van der Waals surface area contributed by atoms with Gasteiger partial charge in [-0.2, -0.15) is 0 Å². The van der Waals surface area contributed by atoms with Crippen molar-refractivity contribution in [1.82, 2.24) is 0 Å². The number of Topliss-reactive ketones (excluding diaryl/α,β-unsaturated/α-hetero) is 2. The third kappa shape index (κ3) is 7.25. The first-order chi connectivity index (χ1) is 13.3. The van der Waals surface area contributed by atoms with Crippen LogP contribution in [0.15, 0.2) is 11.8 Å². The van der Waals surface area contributed by atoms with Crippen LogP contribution in [0.4, 0.5) is 0 Å². The van der Waals surface area contributed by atoms with Gasteiger partial charge in [-0.15, -0.1) is 0 Å². The molecule has 2 aliphatic rings. The van der Waals surface area contributed by atoms with Crippen molar-refractivity contribution in [3.05, 3.63) is 11.8 Å². The highest BCUT2D eigenvalue weighted by Gasteiger charge is 2.33. The maximum Gasteiger partial charge on any atom is 0.316 e. The largest absolute Gasteiger partial charge is 0.498 e. The third-order valence-corrected chi connectivity index (χ3v) is 4.27. The Morgan fingerprint density at radius 3 is 1.96 bits per heavy atom. The van der Waals surface area contributed by atoms with Crippen LogP contribution in [0.1, 0.15) is 52.9 Å². The molecule has 0 bridgehead atoms. The second-order valence-corrected chi connectivity index (χ2v) is 6.31. The van der Waals surface area contributed by atoms with E-state index in [0.717, 1.165) is 0 Å². The van der Waals surface area contributed by atoms with E-state index in [1.165, 1.54) is 6.08 Å². The first-order valence-electron chi connectivity index (χ1n) is 9.58. The molecule has 0 amide bonds. The Kier molecular flexibility index (Phi) is 10.1. The number of esters is 2. The van der Waals surface area contributed by atoms with Crippen molar-refractivity contribution in [2.24, 2.45) is 11.8 Å². The van der Waals surface area contributed by atoms with Crippen LogP contribution in [-0.4, -0.2) is 49.1 Å². The summed E-state index contributed by atoms with van der Waals surface area (Å²) >= 11 is 0. The van der Waals surface area contributed by atoms with Crippen molar-refractivity contribution in [3.8, 4) is 0 Å². The van der Waals surface area contributed by atoms with E-state index in [2.05, 4.69) is 0 Å². The Morgan fingerprint density at radius 2 is 1.46 bits per heavy atom. The lowest BCUT2D eigenvalue weighted by Crippen LogP contribution is -2.32. The van der Waals surface area contributed by atoms with E-state index in [-0.39, 0.29) is 30.4 Å². The second kappa shape index (κ2) is 12.0. The number of ether oxygens (including phenoxy) is 3. The van der Waals surface area contributed by atoms with Crippen LogP contribution < -0.4 is 0 Å². The number of rotatable bonds is 6. The van der Waals surface area contributed by atoms with E-state index < -0.39 is 23.8 Å². The smallest absolute Gasteiger partial charge is 0.316 e. The zero-order valence-corrected chi connectivity index (χ0v) is 16.7. The zero-order valence-electron chi connectivity index (χ0n) is 16.7. The van der Waals surface area contributed by atoms with Crippen molar-refractivity contribution in [1.29, 1.82) is 0 Å². The van der Waals surface area contributed by atoms with E-state index in [1.54, 1.807) is 13.8 Å². The van der Waals surface area contributed by atoms with Crippen LogP contribution >= 0.6 is 0 Å². The molecule has 0 aliphatic heterocycles. The Labute approximate surface area is 164 Å². The maximum absolute atomic E-state index is 11.5. The SMILES string of the molecule is CCOC(=O)C1CCC(=O)CC1=O.CCOC(=O)C1CCC(OCC)=CC1=O. The van der Waals surface area contributed by atoms with Crippen LogP contribution in [0.2, 0.25) is 0 Å². The summed E-state index contributed by atoms with van der Waals surface area (Å²) in [5, 5.41) is 0. The summed E-state index contributed by atoms with van der Waals surface area (Å²) < 4.78 is 14.8. The van der Waals surface area contributed by atoms with Gasteiger partial charge in [0.15, 0.2) is 11.6 Å². The van der Waals surface area contributed by atoms with Crippen molar-refractivity contribution < 1.29 is 38.2 Å². The van der Waals surface area contributed by atoms with Crippen LogP contribution in [0, 0.1) is 11.8 Å². The van der Waals surface area contributed by atoms with Gasteiger partial charge in [-0.3, -0.25) is 24.0 Å². The molecule has 0 spiro atoms. The Hall–Kier alpha value is -2.51. The molecule has 2 aliphatic carbocycles. The maximum atomic E-state index is 11.5. The molecule has 2 unspecified atom stereocenters. The summed E-state index contributed by atoms with van der Waals surface area (Å²) in [5.74, 6) is -2.15. The Balaban J connectivity index is 0.000000283. The Bertz CT molecular complexity index is 634. The van der Waals surface area contributed by atoms with Crippen molar-refractivity contribution in [2.45, 2.75) is 52.9 Å². The number of hydrogen-bond acceptors (Lipinski definition) is 8. The molecule has 0 saturated heterocycles. The van der Waals surface area contributed by atoms with Crippen molar-refractivity contribution in [2.75, 3.05) is 19.8 Å². The van der Waals surface area contributed by atoms with Crippen molar-refractivity contribution >= 4 is 29.3 Å². The number of ketones is 3. The Morgan fingerprint density at radius 1 is 0.893 bits per heavy atom. The van der Waals surface area contributed by atoms with Crippen molar-refractivity contribution in [3.63, 3.8) is 0 Å². The molecule has 0 radical (unpaired) electrons. The minimum Gasteiger partial charge on any atom is -0.498 e. The molecule has 0 aromatic carbocycles. The first kappa shape index (κ1) is 23.5. The minimum atomic E-state index is -0.697. The molecule has 0 N–H and O–H groups in total.